The molecule has 30 heavy (non-hydrogen) atoms. The largest absolute Gasteiger partial charge is 0.497 e. The molecule has 0 radical (unpaired) electrons. The predicted molar refractivity (Wildman–Crippen MR) is 113 cm³/mol. The van der Waals surface area contributed by atoms with E-state index in [-0.39, 0.29) is 17.2 Å². The molecule has 0 N–H and O–H groups in total. The Balaban J connectivity index is 1.34. The highest BCUT2D eigenvalue weighted by Crippen LogP contribution is 2.53. The average molecular weight is 403 g/mol. The van der Waals surface area contributed by atoms with Crippen LogP contribution in [-0.2, 0) is 16.6 Å². The van der Waals surface area contributed by atoms with Gasteiger partial charge in [-0.1, -0.05) is 36.3 Å². The van der Waals surface area contributed by atoms with Crippen molar-refractivity contribution in [3.63, 3.8) is 0 Å². The van der Waals surface area contributed by atoms with Crippen molar-refractivity contribution in [3.8, 4) is 5.75 Å². The first-order chi connectivity index (χ1) is 14.6. The molecule has 6 nitrogen and oxygen atoms in total. The Kier molecular flexibility index (Phi) is 4.57. The Labute approximate surface area is 175 Å². The van der Waals surface area contributed by atoms with Crippen molar-refractivity contribution in [2.24, 2.45) is 0 Å². The lowest BCUT2D eigenvalue weighted by Crippen LogP contribution is -2.24. The van der Waals surface area contributed by atoms with E-state index in [9.17, 15) is 4.79 Å². The fourth-order valence-corrected chi connectivity index (χ4v) is 4.30. The number of carbonyl (C=O) groups is 1. The molecule has 0 bridgehead atoms. The van der Waals surface area contributed by atoms with Gasteiger partial charge in [0.25, 0.3) is 0 Å². The van der Waals surface area contributed by atoms with Crippen molar-refractivity contribution in [3.05, 3.63) is 71.4 Å². The van der Waals surface area contributed by atoms with Crippen molar-refractivity contribution in [1.82, 2.24) is 10.1 Å². The average Bonchev–Trinajstić information content (AvgIpc) is 3.27. The third-order valence-corrected chi connectivity index (χ3v) is 6.39. The van der Waals surface area contributed by atoms with Crippen molar-refractivity contribution < 1.29 is 14.1 Å². The molecule has 1 aliphatic carbocycles. The van der Waals surface area contributed by atoms with Crippen LogP contribution in [-0.4, -0.2) is 29.7 Å². The molecule has 154 valence electrons. The normalized spacial score (nSPS) is 19.9. The van der Waals surface area contributed by atoms with E-state index >= 15 is 0 Å². The molecular formula is C24H25N3O3. The molecule has 1 atom stereocenters. The summed E-state index contributed by atoms with van der Waals surface area (Å²) < 4.78 is 11.0. The zero-order valence-electron chi connectivity index (χ0n) is 17.3. The Bertz CT molecular complexity index is 1050. The van der Waals surface area contributed by atoms with Gasteiger partial charge in [-0.15, -0.1) is 0 Å². The fraction of sp³-hybridized carbons (Fsp3) is 0.375. The summed E-state index contributed by atoms with van der Waals surface area (Å²) in [6.45, 7) is 2.71. The van der Waals surface area contributed by atoms with E-state index in [2.05, 4.69) is 36.3 Å². The van der Waals surface area contributed by atoms with Gasteiger partial charge in [0, 0.05) is 24.6 Å². The second-order valence-electron chi connectivity index (χ2n) is 8.19. The third-order valence-electron chi connectivity index (χ3n) is 6.39. The smallest absolute Gasteiger partial charge is 0.237 e. The minimum Gasteiger partial charge on any atom is -0.497 e. The molecule has 0 unspecified atom stereocenters. The number of methoxy groups -OCH3 is 1. The number of nitrogens with zero attached hydrogens (tertiary/aromatic N) is 3. The lowest BCUT2D eigenvalue weighted by molar-refractivity contribution is -0.117. The molecule has 1 saturated carbocycles. The zero-order valence-corrected chi connectivity index (χ0v) is 17.3. The van der Waals surface area contributed by atoms with Crippen molar-refractivity contribution in [2.45, 2.75) is 43.9 Å². The van der Waals surface area contributed by atoms with E-state index in [4.69, 9.17) is 14.2 Å². The summed E-state index contributed by atoms with van der Waals surface area (Å²) in [4.78, 5) is 19.2. The second kappa shape index (κ2) is 7.27. The van der Waals surface area contributed by atoms with Gasteiger partial charge in [-0.3, -0.25) is 4.79 Å². The number of hydrogen-bond acceptors (Lipinski definition) is 5. The van der Waals surface area contributed by atoms with E-state index in [0.717, 1.165) is 30.7 Å². The Morgan fingerprint density at radius 2 is 1.87 bits per heavy atom. The van der Waals surface area contributed by atoms with Crippen LogP contribution in [0.5, 0.6) is 5.75 Å². The number of amides is 1. The van der Waals surface area contributed by atoms with Gasteiger partial charge in [-0.2, -0.15) is 4.98 Å². The summed E-state index contributed by atoms with van der Waals surface area (Å²) in [6, 6.07) is 16.2. The summed E-state index contributed by atoms with van der Waals surface area (Å²) in [5, 5.41) is 4.26. The van der Waals surface area contributed by atoms with Gasteiger partial charge in [0.1, 0.15) is 5.75 Å². The predicted octanol–water partition coefficient (Wildman–Crippen LogP) is 4.24. The maximum atomic E-state index is 12.6. The molecular weight excluding hydrogens is 378 g/mol. The van der Waals surface area contributed by atoms with Crippen LogP contribution in [0, 0.1) is 0 Å². The highest BCUT2D eigenvalue weighted by molar-refractivity contribution is 5.96. The topological polar surface area (TPSA) is 68.5 Å². The molecule has 1 amide bonds. The van der Waals surface area contributed by atoms with E-state index in [0.29, 0.717) is 24.7 Å². The van der Waals surface area contributed by atoms with Gasteiger partial charge in [0.05, 0.1) is 12.5 Å². The van der Waals surface area contributed by atoms with Crippen LogP contribution in [0.1, 0.15) is 54.9 Å². The minimum atomic E-state index is -0.199. The first-order valence-corrected chi connectivity index (χ1v) is 10.5. The molecule has 1 saturated heterocycles. The SMILES string of the molecule is CCc1ccc(N2C[C@H](c3noc(C4(c5ccc(OC)cc5)CC4)n3)CC2=O)cc1. The van der Waals surface area contributed by atoms with Crippen LogP contribution < -0.4 is 9.64 Å². The van der Waals surface area contributed by atoms with Crippen LogP contribution >= 0.6 is 0 Å². The number of hydrogen-bond donors (Lipinski definition) is 0. The number of aromatic nitrogens is 2. The monoisotopic (exact) mass is 403 g/mol. The van der Waals surface area contributed by atoms with Crippen LogP contribution in [0.2, 0.25) is 0 Å². The van der Waals surface area contributed by atoms with E-state index in [1.807, 2.05) is 29.2 Å². The first kappa shape index (κ1) is 18.9. The number of benzene rings is 2. The molecule has 2 aliphatic rings. The van der Waals surface area contributed by atoms with E-state index in [1.165, 1.54) is 11.1 Å². The minimum absolute atomic E-state index is 0.0486. The summed E-state index contributed by atoms with van der Waals surface area (Å²) in [5.74, 6) is 2.17. The first-order valence-electron chi connectivity index (χ1n) is 10.5. The molecule has 1 aromatic heterocycles. The highest BCUT2D eigenvalue weighted by atomic mass is 16.5. The van der Waals surface area contributed by atoms with Crippen LogP contribution in [0.15, 0.2) is 53.1 Å². The lowest BCUT2D eigenvalue weighted by Gasteiger charge is -2.16. The molecule has 2 aromatic carbocycles. The van der Waals surface area contributed by atoms with Gasteiger partial charge < -0.3 is 14.2 Å². The number of carbonyl (C=O) groups excluding carboxylic acids is 1. The fourth-order valence-electron chi connectivity index (χ4n) is 4.30. The van der Waals surface area contributed by atoms with Crippen molar-refractivity contribution >= 4 is 11.6 Å². The number of rotatable bonds is 6. The zero-order chi connectivity index (χ0) is 20.7. The molecule has 2 heterocycles. The summed E-state index contributed by atoms with van der Waals surface area (Å²) in [5.41, 5.74) is 3.16. The molecule has 5 rings (SSSR count). The lowest BCUT2D eigenvalue weighted by atomic mass is 9.96. The van der Waals surface area contributed by atoms with Gasteiger partial charge in [-0.05, 0) is 54.7 Å². The summed E-state index contributed by atoms with van der Waals surface area (Å²) in [7, 11) is 1.66. The molecule has 3 aromatic rings. The van der Waals surface area contributed by atoms with Gasteiger partial charge in [0.2, 0.25) is 11.8 Å². The van der Waals surface area contributed by atoms with Gasteiger partial charge in [0.15, 0.2) is 5.82 Å². The third kappa shape index (κ3) is 3.16. The van der Waals surface area contributed by atoms with Crippen LogP contribution in [0.4, 0.5) is 5.69 Å². The van der Waals surface area contributed by atoms with Crippen LogP contribution in [0.25, 0.3) is 0 Å². The summed E-state index contributed by atoms with van der Waals surface area (Å²) in [6.07, 6.45) is 3.36. The molecule has 0 spiro atoms. The number of anilines is 1. The van der Waals surface area contributed by atoms with Crippen molar-refractivity contribution in [1.29, 1.82) is 0 Å². The number of ether oxygens (including phenoxy) is 1. The molecule has 1 aliphatic heterocycles. The van der Waals surface area contributed by atoms with Gasteiger partial charge >= 0.3 is 0 Å². The summed E-state index contributed by atoms with van der Waals surface area (Å²) >= 11 is 0. The maximum Gasteiger partial charge on any atom is 0.237 e. The standard InChI is InChI=1S/C24H25N3O3/c1-3-16-4-8-19(9-5-16)27-15-17(14-21(27)28)22-25-23(30-26-22)24(12-13-24)18-6-10-20(29-2)11-7-18/h4-11,17H,3,12-15H2,1-2H3/t17-/m1/s1. The maximum absolute atomic E-state index is 12.6. The quantitative estimate of drug-likeness (QED) is 0.616. The van der Waals surface area contributed by atoms with E-state index < -0.39 is 0 Å². The molecule has 2 fully saturated rings. The van der Waals surface area contributed by atoms with E-state index in [1.54, 1.807) is 7.11 Å². The molecule has 6 heteroatoms. The van der Waals surface area contributed by atoms with Gasteiger partial charge in [-0.25, -0.2) is 0 Å². The number of aryl methyl sites for hydroxylation is 1. The highest BCUT2D eigenvalue weighted by Gasteiger charge is 2.51. The van der Waals surface area contributed by atoms with Crippen LogP contribution in [0.3, 0.4) is 0 Å². The van der Waals surface area contributed by atoms with Crippen molar-refractivity contribution in [2.75, 3.05) is 18.6 Å². The Morgan fingerprint density at radius 1 is 1.13 bits per heavy atom. The Hall–Kier alpha value is -3.15. The second-order valence-corrected chi connectivity index (χ2v) is 8.19. The Morgan fingerprint density at radius 3 is 2.50 bits per heavy atom.